The molecule has 0 atom stereocenters. The van der Waals surface area contributed by atoms with Crippen LogP contribution in [0.5, 0.6) is 0 Å². The topological polar surface area (TPSA) is 76.3 Å². The van der Waals surface area contributed by atoms with E-state index >= 15 is 0 Å². The zero-order chi connectivity index (χ0) is 12.3. The summed E-state index contributed by atoms with van der Waals surface area (Å²) in [5.74, 6) is 0. The first-order chi connectivity index (χ1) is 7.41. The summed E-state index contributed by atoms with van der Waals surface area (Å²) in [6, 6.07) is 3.03. The summed E-state index contributed by atoms with van der Waals surface area (Å²) in [4.78, 5) is 3.85. The molecule has 90 valence electrons. The van der Waals surface area contributed by atoms with Crippen molar-refractivity contribution in [1.82, 2.24) is 9.29 Å². The lowest BCUT2D eigenvalue weighted by molar-refractivity contribution is 0.368. The van der Waals surface area contributed by atoms with E-state index in [0.29, 0.717) is 6.54 Å². The summed E-state index contributed by atoms with van der Waals surface area (Å²) in [5.41, 5.74) is 5.81. The highest BCUT2D eigenvalue weighted by Crippen LogP contribution is 2.20. The second-order valence-electron chi connectivity index (χ2n) is 3.70. The summed E-state index contributed by atoms with van der Waals surface area (Å²) >= 11 is 0. The van der Waals surface area contributed by atoms with Crippen molar-refractivity contribution in [1.29, 1.82) is 0 Å². The Morgan fingerprint density at radius 1 is 1.50 bits per heavy atom. The van der Waals surface area contributed by atoms with Crippen LogP contribution in [0, 0.1) is 0 Å². The third kappa shape index (κ3) is 2.33. The summed E-state index contributed by atoms with van der Waals surface area (Å²) in [5, 5.41) is -0.0643. The monoisotopic (exact) mass is 243 g/mol. The third-order valence-corrected chi connectivity index (χ3v) is 4.37. The van der Waals surface area contributed by atoms with Crippen LogP contribution >= 0.6 is 0 Å². The lowest BCUT2D eigenvalue weighted by Crippen LogP contribution is -2.37. The van der Waals surface area contributed by atoms with Gasteiger partial charge in [0.15, 0.2) is 5.03 Å². The maximum Gasteiger partial charge on any atom is 0.262 e. The number of nitrogens with zero attached hydrogens (tertiary/aromatic N) is 2. The minimum atomic E-state index is -3.58. The highest BCUT2D eigenvalue weighted by Gasteiger charge is 2.28. The van der Waals surface area contributed by atoms with Crippen molar-refractivity contribution in [3.05, 3.63) is 18.3 Å². The van der Waals surface area contributed by atoms with Crippen molar-refractivity contribution in [2.45, 2.75) is 31.8 Å². The molecule has 0 fully saturated rings. The molecule has 2 N–H and O–H groups in total. The number of hydrogen-bond donors (Lipinski definition) is 1. The second-order valence-corrected chi connectivity index (χ2v) is 5.51. The molecule has 0 saturated carbocycles. The van der Waals surface area contributed by atoms with Crippen molar-refractivity contribution < 1.29 is 8.42 Å². The molecule has 0 aliphatic heterocycles. The SMILES string of the molecule is CCN(C(C)C)S(=O)(=O)c1ncccc1N. The Kier molecular flexibility index (Phi) is 3.88. The number of nitrogen functional groups attached to an aromatic ring is 1. The minimum Gasteiger partial charge on any atom is -0.396 e. The lowest BCUT2D eigenvalue weighted by Gasteiger charge is -2.24. The van der Waals surface area contributed by atoms with Gasteiger partial charge in [-0.2, -0.15) is 4.31 Å². The largest absolute Gasteiger partial charge is 0.396 e. The van der Waals surface area contributed by atoms with Gasteiger partial charge in [-0.25, -0.2) is 13.4 Å². The molecule has 0 unspecified atom stereocenters. The maximum atomic E-state index is 12.2. The van der Waals surface area contributed by atoms with E-state index in [0.717, 1.165) is 0 Å². The van der Waals surface area contributed by atoms with Gasteiger partial charge < -0.3 is 5.73 Å². The van der Waals surface area contributed by atoms with Gasteiger partial charge in [0, 0.05) is 18.8 Å². The summed E-state index contributed by atoms with van der Waals surface area (Å²) < 4.78 is 25.8. The minimum absolute atomic E-state index is 0.0643. The van der Waals surface area contributed by atoms with Crippen molar-refractivity contribution in [3.8, 4) is 0 Å². The van der Waals surface area contributed by atoms with E-state index in [1.165, 1.54) is 16.6 Å². The van der Waals surface area contributed by atoms with Gasteiger partial charge in [0.2, 0.25) is 0 Å². The van der Waals surface area contributed by atoms with E-state index in [2.05, 4.69) is 4.98 Å². The standard InChI is InChI=1S/C10H17N3O2S/c1-4-13(8(2)3)16(14,15)10-9(11)6-5-7-12-10/h5-8H,4,11H2,1-3H3. The molecular weight excluding hydrogens is 226 g/mol. The van der Waals surface area contributed by atoms with Crippen LogP contribution in [0.3, 0.4) is 0 Å². The van der Waals surface area contributed by atoms with Gasteiger partial charge in [-0.05, 0) is 26.0 Å². The van der Waals surface area contributed by atoms with Crippen molar-refractivity contribution >= 4 is 15.7 Å². The molecule has 0 aliphatic carbocycles. The van der Waals surface area contributed by atoms with Crippen molar-refractivity contribution in [2.75, 3.05) is 12.3 Å². The number of pyridine rings is 1. The predicted molar refractivity (Wildman–Crippen MR) is 63.4 cm³/mol. The van der Waals surface area contributed by atoms with Crippen LogP contribution in [0.25, 0.3) is 0 Å². The molecule has 5 nitrogen and oxygen atoms in total. The van der Waals surface area contributed by atoms with Gasteiger partial charge in [0.05, 0.1) is 5.69 Å². The number of hydrogen-bond acceptors (Lipinski definition) is 4. The van der Waals surface area contributed by atoms with Crippen LogP contribution in [-0.2, 0) is 10.0 Å². The molecule has 1 aromatic rings. The molecule has 0 spiro atoms. The summed E-state index contributed by atoms with van der Waals surface area (Å²) in [6.07, 6.45) is 1.43. The first-order valence-electron chi connectivity index (χ1n) is 5.13. The van der Waals surface area contributed by atoms with Gasteiger partial charge in [-0.3, -0.25) is 0 Å². The number of nitrogens with two attached hydrogens (primary N) is 1. The Balaban J connectivity index is 3.26. The number of sulfonamides is 1. The molecule has 0 aliphatic rings. The molecule has 6 heteroatoms. The highest BCUT2D eigenvalue weighted by molar-refractivity contribution is 7.89. The van der Waals surface area contributed by atoms with E-state index in [1.807, 2.05) is 13.8 Å². The molecule has 0 radical (unpaired) electrons. The first-order valence-corrected chi connectivity index (χ1v) is 6.57. The lowest BCUT2D eigenvalue weighted by atomic mass is 10.4. The van der Waals surface area contributed by atoms with E-state index < -0.39 is 10.0 Å². The van der Waals surface area contributed by atoms with E-state index in [4.69, 9.17) is 5.73 Å². The van der Waals surface area contributed by atoms with Gasteiger partial charge >= 0.3 is 0 Å². The smallest absolute Gasteiger partial charge is 0.262 e. The number of rotatable bonds is 4. The Morgan fingerprint density at radius 3 is 2.56 bits per heavy atom. The normalized spacial score (nSPS) is 12.3. The van der Waals surface area contributed by atoms with Gasteiger partial charge in [-0.15, -0.1) is 0 Å². The Morgan fingerprint density at radius 2 is 2.12 bits per heavy atom. The number of anilines is 1. The predicted octanol–water partition coefficient (Wildman–Crippen LogP) is 1.08. The van der Waals surface area contributed by atoms with Gasteiger partial charge in [-0.1, -0.05) is 6.92 Å². The summed E-state index contributed by atoms with van der Waals surface area (Å²) in [6.45, 7) is 5.83. The van der Waals surface area contributed by atoms with E-state index in [-0.39, 0.29) is 16.8 Å². The molecule has 0 saturated heterocycles. The van der Waals surface area contributed by atoms with Crippen molar-refractivity contribution in [3.63, 3.8) is 0 Å². The van der Waals surface area contributed by atoms with E-state index in [1.54, 1.807) is 13.0 Å². The molecule has 1 heterocycles. The van der Waals surface area contributed by atoms with E-state index in [9.17, 15) is 8.42 Å². The average Bonchev–Trinajstić information content (AvgIpc) is 2.17. The van der Waals surface area contributed by atoms with Crippen LogP contribution in [0.15, 0.2) is 23.4 Å². The third-order valence-electron chi connectivity index (χ3n) is 2.24. The Bertz CT molecular complexity index is 457. The Hall–Kier alpha value is -1.14. The van der Waals surface area contributed by atoms with Crippen LogP contribution in [0.1, 0.15) is 20.8 Å². The highest BCUT2D eigenvalue weighted by atomic mass is 32.2. The number of aromatic nitrogens is 1. The fourth-order valence-electron chi connectivity index (χ4n) is 1.54. The molecule has 0 amide bonds. The fourth-order valence-corrected chi connectivity index (χ4v) is 3.22. The molecule has 0 bridgehead atoms. The second kappa shape index (κ2) is 4.80. The zero-order valence-electron chi connectivity index (χ0n) is 9.71. The zero-order valence-corrected chi connectivity index (χ0v) is 10.5. The van der Waals surface area contributed by atoms with Crippen LogP contribution in [-0.4, -0.2) is 30.3 Å². The van der Waals surface area contributed by atoms with Crippen molar-refractivity contribution in [2.24, 2.45) is 0 Å². The van der Waals surface area contributed by atoms with Gasteiger partial charge in [0.1, 0.15) is 0 Å². The maximum absolute atomic E-state index is 12.2. The first kappa shape index (κ1) is 12.9. The fraction of sp³-hybridized carbons (Fsp3) is 0.500. The average molecular weight is 243 g/mol. The van der Waals surface area contributed by atoms with Crippen LogP contribution < -0.4 is 5.73 Å². The molecule has 16 heavy (non-hydrogen) atoms. The quantitative estimate of drug-likeness (QED) is 0.858. The van der Waals surface area contributed by atoms with Crippen LogP contribution in [0.2, 0.25) is 0 Å². The Labute approximate surface area is 96.3 Å². The molecule has 1 aromatic heterocycles. The molecule has 0 aromatic carbocycles. The molecular formula is C10H17N3O2S. The van der Waals surface area contributed by atoms with Gasteiger partial charge in [0.25, 0.3) is 10.0 Å². The summed E-state index contributed by atoms with van der Waals surface area (Å²) in [7, 11) is -3.58. The molecule has 1 rings (SSSR count). The van der Waals surface area contributed by atoms with Crippen LogP contribution in [0.4, 0.5) is 5.69 Å².